The van der Waals surface area contributed by atoms with Gasteiger partial charge < -0.3 is 19.1 Å². The predicted octanol–water partition coefficient (Wildman–Crippen LogP) is 3.79. The SMILES string of the molecule is CCN(Cc1ccc2c(c1)OCCO2)C(=O)COc1ccc(F)cc1Br. The maximum absolute atomic E-state index is 13.1. The lowest BCUT2D eigenvalue weighted by molar-refractivity contribution is -0.133. The normalized spacial score (nSPS) is 12.6. The molecule has 1 aliphatic rings. The van der Waals surface area contributed by atoms with Crippen LogP contribution in [-0.4, -0.2) is 37.2 Å². The standard InChI is InChI=1S/C19H19BrFNO4/c1-2-22(11-13-3-5-17-18(9-13)25-8-7-24-17)19(23)12-26-16-6-4-14(21)10-15(16)20/h3-6,9-10H,2,7-8,11-12H2,1H3. The van der Waals surface area contributed by atoms with Crippen LogP contribution in [-0.2, 0) is 11.3 Å². The van der Waals surface area contributed by atoms with Crippen LogP contribution < -0.4 is 14.2 Å². The minimum Gasteiger partial charge on any atom is -0.486 e. The highest BCUT2D eigenvalue weighted by molar-refractivity contribution is 9.10. The van der Waals surface area contributed by atoms with Gasteiger partial charge in [0.2, 0.25) is 0 Å². The molecule has 0 unspecified atom stereocenters. The number of hydrogen-bond acceptors (Lipinski definition) is 4. The molecule has 0 saturated heterocycles. The molecule has 1 aliphatic heterocycles. The minimum atomic E-state index is -0.371. The molecule has 0 atom stereocenters. The third-order valence-electron chi connectivity index (χ3n) is 3.96. The minimum absolute atomic E-state index is 0.122. The number of hydrogen-bond donors (Lipinski definition) is 0. The molecule has 0 bridgehead atoms. The lowest BCUT2D eigenvalue weighted by Gasteiger charge is -2.23. The van der Waals surface area contributed by atoms with Gasteiger partial charge in [-0.05, 0) is 58.7 Å². The predicted molar refractivity (Wildman–Crippen MR) is 98.1 cm³/mol. The largest absolute Gasteiger partial charge is 0.486 e. The summed E-state index contributed by atoms with van der Waals surface area (Å²) in [5, 5.41) is 0. The molecule has 5 nitrogen and oxygen atoms in total. The second-order valence-electron chi connectivity index (χ2n) is 5.75. The van der Waals surface area contributed by atoms with E-state index in [1.807, 2.05) is 25.1 Å². The Bertz CT molecular complexity index is 799. The number of ether oxygens (including phenoxy) is 3. The van der Waals surface area contributed by atoms with Crippen LogP contribution in [0.4, 0.5) is 4.39 Å². The van der Waals surface area contributed by atoms with E-state index in [1.54, 1.807) is 4.90 Å². The molecule has 0 radical (unpaired) electrons. The van der Waals surface area contributed by atoms with Gasteiger partial charge in [-0.15, -0.1) is 0 Å². The molecule has 0 N–H and O–H groups in total. The van der Waals surface area contributed by atoms with Crippen LogP contribution in [0, 0.1) is 5.82 Å². The Hall–Kier alpha value is -2.28. The topological polar surface area (TPSA) is 48.0 Å². The molecule has 2 aromatic carbocycles. The van der Waals surface area contributed by atoms with Gasteiger partial charge >= 0.3 is 0 Å². The molecule has 138 valence electrons. The number of carbonyl (C=O) groups is 1. The first-order valence-corrected chi connectivity index (χ1v) is 9.10. The average molecular weight is 424 g/mol. The monoisotopic (exact) mass is 423 g/mol. The highest BCUT2D eigenvalue weighted by Crippen LogP contribution is 2.31. The molecule has 1 heterocycles. The number of halogens is 2. The number of nitrogens with zero attached hydrogens (tertiary/aromatic N) is 1. The fourth-order valence-electron chi connectivity index (χ4n) is 2.61. The summed E-state index contributed by atoms with van der Waals surface area (Å²) >= 11 is 3.22. The zero-order valence-electron chi connectivity index (χ0n) is 14.3. The molecule has 0 aliphatic carbocycles. The van der Waals surface area contributed by atoms with E-state index in [-0.39, 0.29) is 18.3 Å². The van der Waals surface area contributed by atoms with Crippen LogP contribution in [0.3, 0.4) is 0 Å². The maximum atomic E-state index is 13.1. The van der Waals surface area contributed by atoms with Crippen molar-refractivity contribution in [3.05, 3.63) is 52.3 Å². The van der Waals surface area contributed by atoms with Crippen molar-refractivity contribution < 1.29 is 23.4 Å². The van der Waals surface area contributed by atoms with Crippen molar-refractivity contribution in [2.75, 3.05) is 26.4 Å². The summed E-state index contributed by atoms with van der Waals surface area (Å²) in [5.74, 6) is 1.32. The summed E-state index contributed by atoms with van der Waals surface area (Å²) in [6.45, 7) is 3.84. The highest BCUT2D eigenvalue weighted by Gasteiger charge is 2.17. The van der Waals surface area contributed by atoms with E-state index >= 15 is 0 Å². The molecule has 26 heavy (non-hydrogen) atoms. The van der Waals surface area contributed by atoms with Crippen molar-refractivity contribution in [1.29, 1.82) is 0 Å². The van der Waals surface area contributed by atoms with E-state index in [0.29, 0.717) is 42.3 Å². The Morgan fingerprint density at radius 1 is 1.19 bits per heavy atom. The van der Waals surface area contributed by atoms with Crippen molar-refractivity contribution in [1.82, 2.24) is 4.90 Å². The van der Waals surface area contributed by atoms with E-state index in [2.05, 4.69) is 15.9 Å². The molecule has 3 rings (SSSR count). The van der Waals surface area contributed by atoms with Gasteiger partial charge in [0.15, 0.2) is 18.1 Å². The van der Waals surface area contributed by atoms with Gasteiger partial charge in [-0.1, -0.05) is 6.07 Å². The summed E-state index contributed by atoms with van der Waals surface area (Å²) < 4.78 is 30.2. The Morgan fingerprint density at radius 3 is 2.69 bits per heavy atom. The zero-order chi connectivity index (χ0) is 18.5. The third-order valence-corrected chi connectivity index (χ3v) is 4.58. The highest BCUT2D eigenvalue weighted by atomic mass is 79.9. The van der Waals surface area contributed by atoms with Crippen LogP contribution in [0.1, 0.15) is 12.5 Å². The second kappa shape index (κ2) is 8.40. The van der Waals surface area contributed by atoms with Gasteiger partial charge in [0.1, 0.15) is 24.8 Å². The van der Waals surface area contributed by atoms with Crippen molar-refractivity contribution in [3.63, 3.8) is 0 Å². The number of rotatable bonds is 6. The number of carbonyl (C=O) groups excluding carboxylic acids is 1. The Morgan fingerprint density at radius 2 is 1.96 bits per heavy atom. The van der Waals surface area contributed by atoms with Gasteiger partial charge in [-0.3, -0.25) is 4.79 Å². The molecular weight excluding hydrogens is 405 g/mol. The summed E-state index contributed by atoms with van der Waals surface area (Å²) in [7, 11) is 0. The first-order chi connectivity index (χ1) is 12.6. The fraction of sp³-hybridized carbons (Fsp3) is 0.316. The lowest BCUT2D eigenvalue weighted by Crippen LogP contribution is -2.34. The molecule has 0 spiro atoms. The molecular formula is C19H19BrFNO4. The van der Waals surface area contributed by atoms with Gasteiger partial charge in [0.25, 0.3) is 5.91 Å². The van der Waals surface area contributed by atoms with Crippen LogP contribution in [0.2, 0.25) is 0 Å². The van der Waals surface area contributed by atoms with E-state index in [1.165, 1.54) is 18.2 Å². The number of likely N-dealkylation sites (N-methyl/N-ethyl adjacent to an activating group) is 1. The van der Waals surface area contributed by atoms with E-state index in [4.69, 9.17) is 14.2 Å². The van der Waals surface area contributed by atoms with E-state index in [0.717, 1.165) is 11.3 Å². The second-order valence-corrected chi connectivity index (χ2v) is 6.60. The van der Waals surface area contributed by atoms with Crippen molar-refractivity contribution >= 4 is 21.8 Å². The fourth-order valence-corrected chi connectivity index (χ4v) is 3.07. The summed E-state index contributed by atoms with van der Waals surface area (Å²) in [6.07, 6.45) is 0. The Balaban J connectivity index is 1.61. The van der Waals surface area contributed by atoms with Gasteiger partial charge in [-0.2, -0.15) is 0 Å². The summed E-state index contributed by atoms with van der Waals surface area (Å²) in [5.41, 5.74) is 0.951. The van der Waals surface area contributed by atoms with Gasteiger partial charge in [-0.25, -0.2) is 4.39 Å². The smallest absolute Gasteiger partial charge is 0.260 e. The van der Waals surface area contributed by atoms with Crippen LogP contribution >= 0.6 is 15.9 Å². The van der Waals surface area contributed by atoms with E-state index in [9.17, 15) is 9.18 Å². The van der Waals surface area contributed by atoms with E-state index < -0.39 is 0 Å². The van der Waals surface area contributed by atoms with Crippen molar-refractivity contribution in [3.8, 4) is 17.2 Å². The summed E-state index contributed by atoms with van der Waals surface area (Å²) in [4.78, 5) is 14.2. The number of benzene rings is 2. The first-order valence-electron chi connectivity index (χ1n) is 8.31. The molecule has 7 heteroatoms. The molecule has 0 saturated carbocycles. The maximum Gasteiger partial charge on any atom is 0.260 e. The number of fused-ring (bicyclic) bond motifs is 1. The quantitative estimate of drug-likeness (QED) is 0.708. The van der Waals surface area contributed by atoms with Gasteiger partial charge in [0, 0.05) is 13.1 Å². The third kappa shape index (κ3) is 4.46. The average Bonchev–Trinajstić information content (AvgIpc) is 2.65. The molecule has 0 aromatic heterocycles. The first kappa shape index (κ1) is 18.5. The Labute approximate surface area is 159 Å². The Kier molecular flexibility index (Phi) is 5.98. The zero-order valence-corrected chi connectivity index (χ0v) is 15.9. The molecule has 0 fully saturated rings. The number of amides is 1. The molecule has 1 amide bonds. The van der Waals surface area contributed by atoms with Crippen LogP contribution in [0.15, 0.2) is 40.9 Å². The summed E-state index contributed by atoms with van der Waals surface area (Å²) in [6, 6.07) is 9.74. The van der Waals surface area contributed by atoms with Crippen molar-refractivity contribution in [2.24, 2.45) is 0 Å². The molecule has 2 aromatic rings. The van der Waals surface area contributed by atoms with Crippen LogP contribution in [0.5, 0.6) is 17.2 Å². The van der Waals surface area contributed by atoms with Gasteiger partial charge in [0.05, 0.1) is 4.47 Å². The lowest BCUT2D eigenvalue weighted by atomic mass is 10.1. The van der Waals surface area contributed by atoms with Crippen molar-refractivity contribution in [2.45, 2.75) is 13.5 Å². The van der Waals surface area contributed by atoms with Crippen LogP contribution in [0.25, 0.3) is 0 Å².